The van der Waals surface area contributed by atoms with Gasteiger partial charge in [0, 0.05) is 11.4 Å². The molecular formula is C17H25NO3S. The zero-order valence-corrected chi connectivity index (χ0v) is 14.6. The summed E-state index contributed by atoms with van der Waals surface area (Å²) in [4.78, 5) is 15.4. The maximum atomic E-state index is 12.4. The van der Waals surface area contributed by atoms with Gasteiger partial charge in [-0.1, -0.05) is 0 Å². The molecule has 1 heterocycles. The predicted molar refractivity (Wildman–Crippen MR) is 89.4 cm³/mol. The van der Waals surface area contributed by atoms with Crippen molar-refractivity contribution in [2.45, 2.75) is 55.9 Å². The molecule has 1 aromatic rings. The van der Waals surface area contributed by atoms with Gasteiger partial charge in [0.1, 0.15) is 11.4 Å². The van der Waals surface area contributed by atoms with Crippen molar-refractivity contribution < 1.29 is 14.3 Å². The van der Waals surface area contributed by atoms with Gasteiger partial charge in [-0.15, -0.1) is 11.8 Å². The molecule has 1 atom stereocenters. The van der Waals surface area contributed by atoms with Gasteiger partial charge in [0.05, 0.1) is 12.5 Å². The van der Waals surface area contributed by atoms with E-state index in [0.717, 1.165) is 36.5 Å². The lowest BCUT2D eigenvalue weighted by atomic mass is 10.1. The third kappa shape index (κ3) is 4.83. The second kappa shape index (κ2) is 7.27. The van der Waals surface area contributed by atoms with Crippen LogP contribution in [0.4, 0.5) is 4.79 Å². The van der Waals surface area contributed by atoms with Gasteiger partial charge in [-0.25, -0.2) is 4.79 Å². The highest BCUT2D eigenvalue weighted by molar-refractivity contribution is 7.99. The minimum Gasteiger partial charge on any atom is -0.497 e. The first kappa shape index (κ1) is 17.0. The summed E-state index contributed by atoms with van der Waals surface area (Å²) in [6, 6.07) is 7.96. The molecule has 122 valence electrons. The van der Waals surface area contributed by atoms with E-state index in [4.69, 9.17) is 9.47 Å². The monoisotopic (exact) mass is 323 g/mol. The number of carbonyl (C=O) groups is 1. The second-order valence-corrected chi connectivity index (χ2v) is 7.67. The van der Waals surface area contributed by atoms with Crippen LogP contribution in [-0.2, 0) is 4.74 Å². The Morgan fingerprint density at radius 1 is 1.23 bits per heavy atom. The van der Waals surface area contributed by atoms with E-state index in [-0.39, 0.29) is 11.5 Å². The predicted octanol–water partition coefficient (Wildman–Crippen LogP) is 4.53. The van der Waals surface area contributed by atoms with E-state index in [9.17, 15) is 4.79 Å². The molecule has 4 nitrogen and oxygen atoms in total. The first-order chi connectivity index (χ1) is 10.4. The van der Waals surface area contributed by atoms with E-state index in [1.54, 1.807) is 18.9 Å². The number of amides is 1. The third-order valence-corrected chi connectivity index (χ3v) is 4.71. The number of ether oxygens (including phenoxy) is 2. The molecule has 1 fully saturated rings. The molecule has 1 saturated heterocycles. The third-order valence-electron chi connectivity index (χ3n) is 3.41. The van der Waals surface area contributed by atoms with Crippen molar-refractivity contribution in [2.24, 2.45) is 0 Å². The van der Waals surface area contributed by atoms with E-state index in [2.05, 4.69) is 0 Å². The molecule has 0 N–H and O–H groups in total. The largest absolute Gasteiger partial charge is 0.497 e. The van der Waals surface area contributed by atoms with Crippen LogP contribution < -0.4 is 4.74 Å². The van der Waals surface area contributed by atoms with Crippen LogP contribution in [0.15, 0.2) is 29.2 Å². The van der Waals surface area contributed by atoms with E-state index in [0.29, 0.717) is 0 Å². The SMILES string of the molecule is COc1ccc(SC2CCCCN2C(=O)OC(C)(C)C)cc1. The summed E-state index contributed by atoms with van der Waals surface area (Å²) in [6.45, 7) is 6.48. The molecule has 0 radical (unpaired) electrons. The Morgan fingerprint density at radius 3 is 2.50 bits per heavy atom. The van der Waals surface area contributed by atoms with Crippen molar-refractivity contribution >= 4 is 17.9 Å². The number of rotatable bonds is 3. The van der Waals surface area contributed by atoms with E-state index < -0.39 is 5.60 Å². The lowest BCUT2D eigenvalue weighted by Gasteiger charge is -2.36. The van der Waals surface area contributed by atoms with Crippen LogP contribution in [0.25, 0.3) is 0 Å². The van der Waals surface area contributed by atoms with Gasteiger partial charge in [0.2, 0.25) is 0 Å². The Labute approximate surface area is 137 Å². The maximum Gasteiger partial charge on any atom is 0.411 e. The standard InChI is InChI=1S/C17H25NO3S/c1-17(2,3)21-16(19)18-12-6-5-7-15(18)22-14-10-8-13(20-4)9-11-14/h8-11,15H,5-7,12H2,1-4H3. The molecule has 0 aliphatic carbocycles. The summed E-state index contributed by atoms with van der Waals surface area (Å²) in [5.74, 6) is 0.844. The fourth-order valence-corrected chi connectivity index (χ4v) is 3.57. The molecule has 5 heteroatoms. The van der Waals surface area contributed by atoms with Crippen LogP contribution in [0, 0.1) is 0 Å². The molecular weight excluding hydrogens is 298 g/mol. The molecule has 1 aliphatic rings. The van der Waals surface area contributed by atoms with Crippen LogP contribution in [-0.4, -0.2) is 35.6 Å². The second-order valence-electron chi connectivity index (χ2n) is 6.42. The Morgan fingerprint density at radius 2 is 1.91 bits per heavy atom. The fraction of sp³-hybridized carbons (Fsp3) is 0.588. The average molecular weight is 323 g/mol. The zero-order chi connectivity index (χ0) is 16.2. The summed E-state index contributed by atoms with van der Waals surface area (Å²) in [5.41, 5.74) is -0.455. The Kier molecular flexibility index (Phi) is 5.62. The lowest BCUT2D eigenvalue weighted by Crippen LogP contribution is -2.44. The van der Waals surface area contributed by atoms with Gasteiger partial charge in [-0.3, -0.25) is 4.90 Å². The number of hydrogen-bond donors (Lipinski definition) is 0. The highest BCUT2D eigenvalue weighted by Crippen LogP contribution is 2.33. The Balaban J connectivity index is 2.04. The van der Waals surface area contributed by atoms with Gasteiger partial charge in [0.15, 0.2) is 0 Å². The first-order valence-corrected chi connectivity index (χ1v) is 8.57. The van der Waals surface area contributed by atoms with Crippen molar-refractivity contribution in [3.8, 4) is 5.75 Å². The molecule has 1 unspecified atom stereocenters. The minimum absolute atomic E-state index is 0.136. The Hall–Kier alpha value is -1.36. The molecule has 1 aromatic carbocycles. The summed E-state index contributed by atoms with van der Waals surface area (Å²) in [7, 11) is 1.66. The van der Waals surface area contributed by atoms with Crippen LogP contribution in [0.3, 0.4) is 0 Å². The number of methoxy groups -OCH3 is 1. The topological polar surface area (TPSA) is 38.8 Å². The van der Waals surface area contributed by atoms with Crippen LogP contribution in [0.2, 0.25) is 0 Å². The van der Waals surface area contributed by atoms with Crippen LogP contribution in [0.1, 0.15) is 40.0 Å². The number of likely N-dealkylation sites (tertiary alicyclic amines) is 1. The molecule has 2 rings (SSSR count). The summed E-state index contributed by atoms with van der Waals surface area (Å²) in [5, 5.41) is 0.136. The van der Waals surface area contributed by atoms with Crippen molar-refractivity contribution in [3.05, 3.63) is 24.3 Å². The maximum absolute atomic E-state index is 12.4. The first-order valence-electron chi connectivity index (χ1n) is 7.69. The highest BCUT2D eigenvalue weighted by Gasteiger charge is 2.31. The molecule has 1 amide bonds. The summed E-state index contributed by atoms with van der Waals surface area (Å²) >= 11 is 1.72. The van der Waals surface area contributed by atoms with Crippen molar-refractivity contribution in [2.75, 3.05) is 13.7 Å². The summed E-state index contributed by atoms with van der Waals surface area (Å²) < 4.78 is 10.7. The number of piperidine rings is 1. The Bertz CT molecular complexity index is 496. The average Bonchev–Trinajstić information content (AvgIpc) is 2.47. The number of benzene rings is 1. The molecule has 0 aromatic heterocycles. The fourth-order valence-electron chi connectivity index (χ4n) is 2.36. The molecule has 0 saturated carbocycles. The van der Waals surface area contributed by atoms with Gasteiger partial charge >= 0.3 is 6.09 Å². The molecule has 0 bridgehead atoms. The quantitative estimate of drug-likeness (QED) is 0.819. The number of nitrogens with zero attached hydrogens (tertiary/aromatic N) is 1. The molecule has 1 aliphatic heterocycles. The molecule has 22 heavy (non-hydrogen) atoms. The molecule has 0 spiro atoms. The van der Waals surface area contributed by atoms with Gasteiger partial charge < -0.3 is 9.47 Å². The van der Waals surface area contributed by atoms with Gasteiger partial charge in [-0.05, 0) is 64.3 Å². The van der Waals surface area contributed by atoms with E-state index in [1.807, 2.05) is 49.9 Å². The smallest absolute Gasteiger partial charge is 0.411 e. The number of thioether (sulfide) groups is 1. The van der Waals surface area contributed by atoms with Gasteiger partial charge in [-0.2, -0.15) is 0 Å². The number of carbonyl (C=O) groups excluding carboxylic acids is 1. The van der Waals surface area contributed by atoms with Crippen LogP contribution in [0.5, 0.6) is 5.75 Å². The zero-order valence-electron chi connectivity index (χ0n) is 13.8. The van der Waals surface area contributed by atoms with Crippen molar-refractivity contribution in [3.63, 3.8) is 0 Å². The van der Waals surface area contributed by atoms with Gasteiger partial charge in [0.25, 0.3) is 0 Å². The minimum atomic E-state index is -0.455. The van der Waals surface area contributed by atoms with E-state index >= 15 is 0 Å². The van der Waals surface area contributed by atoms with Crippen molar-refractivity contribution in [1.82, 2.24) is 4.90 Å². The van der Waals surface area contributed by atoms with Crippen LogP contribution >= 0.6 is 11.8 Å². The highest BCUT2D eigenvalue weighted by atomic mass is 32.2. The normalized spacial score (nSPS) is 18.9. The summed E-state index contributed by atoms with van der Waals surface area (Å²) in [6.07, 6.45) is 2.97. The lowest BCUT2D eigenvalue weighted by molar-refractivity contribution is 0.0186. The number of hydrogen-bond acceptors (Lipinski definition) is 4. The van der Waals surface area contributed by atoms with Crippen molar-refractivity contribution in [1.29, 1.82) is 0 Å². The van der Waals surface area contributed by atoms with E-state index in [1.165, 1.54) is 0 Å².